The van der Waals surface area contributed by atoms with Crippen molar-refractivity contribution < 1.29 is 9.18 Å². The molecule has 0 heterocycles. The lowest BCUT2D eigenvalue weighted by Crippen LogP contribution is -2.13. The summed E-state index contributed by atoms with van der Waals surface area (Å²) in [5.41, 5.74) is 2.47. The molecule has 2 aromatic rings. The van der Waals surface area contributed by atoms with E-state index in [1.807, 2.05) is 31.2 Å². The summed E-state index contributed by atoms with van der Waals surface area (Å²) in [5.74, 6) is -0.462. The van der Waals surface area contributed by atoms with Gasteiger partial charge in [-0.15, -0.1) is 0 Å². The SMILES string of the molecule is Cc1ccc(F)cc1NC(=O)CCc1cccc(Br)c1. The third kappa shape index (κ3) is 4.17. The van der Waals surface area contributed by atoms with Gasteiger partial charge in [0.25, 0.3) is 0 Å². The number of anilines is 1. The Morgan fingerprint density at radius 1 is 1.25 bits per heavy atom. The molecule has 0 aliphatic heterocycles. The lowest BCUT2D eigenvalue weighted by atomic mass is 10.1. The van der Waals surface area contributed by atoms with Crippen LogP contribution >= 0.6 is 15.9 Å². The summed E-state index contributed by atoms with van der Waals surface area (Å²) in [7, 11) is 0. The van der Waals surface area contributed by atoms with E-state index in [1.165, 1.54) is 12.1 Å². The molecule has 2 nitrogen and oxygen atoms in total. The number of nitrogens with one attached hydrogen (secondary N) is 1. The van der Waals surface area contributed by atoms with E-state index < -0.39 is 0 Å². The van der Waals surface area contributed by atoms with Gasteiger partial charge in [-0.1, -0.05) is 34.1 Å². The number of hydrogen-bond donors (Lipinski definition) is 1. The zero-order valence-electron chi connectivity index (χ0n) is 11.1. The largest absolute Gasteiger partial charge is 0.326 e. The molecule has 0 aliphatic carbocycles. The predicted octanol–water partition coefficient (Wildman–Crippen LogP) is 4.47. The fraction of sp³-hybridized carbons (Fsp3) is 0.188. The van der Waals surface area contributed by atoms with Gasteiger partial charge in [0.1, 0.15) is 5.82 Å². The lowest BCUT2D eigenvalue weighted by Gasteiger charge is -2.08. The minimum atomic E-state index is -0.349. The van der Waals surface area contributed by atoms with Gasteiger partial charge in [0.15, 0.2) is 0 Å². The molecule has 1 N–H and O–H groups in total. The molecule has 0 saturated carbocycles. The smallest absolute Gasteiger partial charge is 0.224 e. The van der Waals surface area contributed by atoms with Gasteiger partial charge in [0.05, 0.1) is 0 Å². The fourth-order valence-electron chi connectivity index (χ4n) is 1.89. The van der Waals surface area contributed by atoms with Crippen molar-refractivity contribution in [2.45, 2.75) is 19.8 Å². The summed E-state index contributed by atoms with van der Waals surface area (Å²) in [4.78, 5) is 11.9. The Kier molecular flexibility index (Phi) is 4.90. The van der Waals surface area contributed by atoms with Crippen LogP contribution < -0.4 is 5.32 Å². The Labute approximate surface area is 126 Å². The van der Waals surface area contributed by atoms with Crippen LogP contribution in [-0.4, -0.2) is 5.91 Å². The third-order valence-corrected chi connectivity index (χ3v) is 3.50. The van der Waals surface area contributed by atoms with E-state index in [1.54, 1.807) is 6.07 Å². The second kappa shape index (κ2) is 6.66. The number of benzene rings is 2. The number of amides is 1. The van der Waals surface area contributed by atoms with Gasteiger partial charge in [-0.3, -0.25) is 4.79 Å². The Hall–Kier alpha value is -1.68. The molecule has 20 heavy (non-hydrogen) atoms. The molecule has 0 saturated heterocycles. The normalized spacial score (nSPS) is 10.3. The van der Waals surface area contributed by atoms with E-state index in [4.69, 9.17) is 0 Å². The molecule has 104 valence electrons. The van der Waals surface area contributed by atoms with Crippen molar-refractivity contribution in [2.24, 2.45) is 0 Å². The highest BCUT2D eigenvalue weighted by Crippen LogP contribution is 2.17. The zero-order valence-corrected chi connectivity index (χ0v) is 12.7. The highest BCUT2D eigenvalue weighted by molar-refractivity contribution is 9.10. The molecule has 0 aromatic heterocycles. The minimum absolute atomic E-state index is 0.112. The van der Waals surface area contributed by atoms with Crippen LogP contribution in [0.3, 0.4) is 0 Å². The van der Waals surface area contributed by atoms with Crippen LogP contribution in [0.15, 0.2) is 46.9 Å². The molecular formula is C16H15BrFNO. The molecule has 0 atom stereocenters. The number of carbonyl (C=O) groups excluding carboxylic acids is 1. The zero-order chi connectivity index (χ0) is 14.5. The quantitative estimate of drug-likeness (QED) is 0.877. The molecule has 0 fully saturated rings. The average molecular weight is 336 g/mol. The molecule has 0 bridgehead atoms. The van der Waals surface area contributed by atoms with Crippen molar-refractivity contribution in [2.75, 3.05) is 5.32 Å². The number of halogens is 2. The van der Waals surface area contributed by atoms with Gasteiger partial charge in [0.2, 0.25) is 5.91 Å². The van der Waals surface area contributed by atoms with Crippen molar-refractivity contribution >= 4 is 27.5 Å². The van der Waals surface area contributed by atoms with Crippen LogP contribution in [0.1, 0.15) is 17.5 Å². The van der Waals surface area contributed by atoms with E-state index >= 15 is 0 Å². The number of aryl methyl sites for hydroxylation is 2. The topological polar surface area (TPSA) is 29.1 Å². The first-order valence-corrected chi connectivity index (χ1v) is 7.14. The first kappa shape index (κ1) is 14.7. The molecule has 0 aliphatic rings. The molecular weight excluding hydrogens is 321 g/mol. The summed E-state index contributed by atoms with van der Waals surface area (Å²) < 4.78 is 14.1. The van der Waals surface area contributed by atoms with Gasteiger partial charge in [0, 0.05) is 16.6 Å². The van der Waals surface area contributed by atoms with E-state index in [0.717, 1.165) is 15.6 Å². The Morgan fingerprint density at radius 2 is 2.05 bits per heavy atom. The summed E-state index contributed by atoms with van der Waals surface area (Å²) in [6.07, 6.45) is 1.02. The fourth-order valence-corrected chi connectivity index (χ4v) is 2.34. The molecule has 2 rings (SSSR count). The van der Waals surface area contributed by atoms with E-state index in [-0.39, 0.29) is 11.7 Å². The standard InChI is InChI=1S/C16H15BrFNO/c1-11-5-7-14(18)10-15(11)19-16(20)8-6-12-3-2-4-13(17)9-12/h2-5,7,9-10H,6,8H2,1H3,(H,19,20). The van der Waals surface area contributed by atoms with Gasteiger partial charge < -0.3 is 5.32 Å². The highest BCUT2D eigenvalue weighted by atomic mass is 79.9. The Bertz CT molecular complexity index is 628. The van der Waals surface area contributed by atoms with Gasteiger partial charge in [-0.25, -0.2) is 4.39 Å². The van der Waals surface area contributed by atoms with Crippen LogP contribution in [0.4, 0.5) is 10.1 Å². The van der Waals surface area contributed by atoms with Crippen molar-refractivity contribution in [3.05, 3.63) is 63.9 Å². The summed E-state index contributed by atoms with van der Waals surface area (Å²) in [6, 6.07) is 12.2. The Balaban J connectivity index is 1.94. The third-order valence-electron chi connectivity index (χ3n) is 3.00. The van der Waals surface area contributed by atoms with E-state index in [0.29, 0.717) is 18.5 Å². The molecule has 4 heteroatoms. The first-order chi connectivity index (χ1) is 9.54. The number of carbonyl (C=O) groups is 1. The van der Waals surface area contributed by atoms with Crippen molar-refractivity contribution in [3.8, 4) is 0 Å². The lowest BCUT2D eigenvalue weighted by molar-refractivity contribution is -0.116. The van der Waals surface area contributed by atoms with Gasteiger partial charge >= 0.3 is 0 Å². The molecule has 1 amide bonds. The molecule has 0 spiro atoms. The number of hydrogen-bond acceptors (Lipinski definition) is 1. The van der Waals surface area contributed by atoms with Gasteiger partial charge in [-0.05, 0) is 48.7 Å². The van der Waals surface area contributed by atoms with Crippen molar-refractivity contribution in [1.82, 2.24) is 0 Å². The van der Waals surface area contributed by atoms with Crippen molar-refractivity contribution in [3.63, 3.8) is 0 Å². The summed E-state index contributed by atoms with van der Waals surface area (Å²) in [5, 5.41) is 2.75. The van der Waals surface area contributed by atoms with E-state index in [2.05, 4.69) is 21.2 Å². The summed E-state index contributed by atoms with van der Waals surface area (Å²) >= 11 is 3.40. The van der Waals surface area contributed by atoms with Crippen molar-refractivity contribution in [1.29, 1.82) is 0 Å². The van der Waals surface area contributed by atoms with Crippen LogP contribution in [0.5, 0.6) is 0 Å². The Morgan fingerprint density at radius 3 is 2.80 bits per heavy atom. The second-order valence-electron chi connectivity index (χ2n) is 4.64. The highest BCUT2D eigenvalue weighted by Gasteiger charge is 2.06. The maximum Gasteiger partial charge on any atom is 0.224 e. The average Bonchev–Trinajstić information content (AvgIpc) is 2.41. The predicted molar refractivity (Wildman–Crippen MR) is 82.2 cm³/mol. The van der Waals surface area contributed by atoms with Crippen LogP contribution in [0.2, 0.25) is 0 Å². The first-order valence-electron chi connectivity index (χ1n) is 6.35. The second-order valence-corrected chi connectivity index (χ2v) is 5.55. The maximum absolute atomic E-state index is 13.1. The molecule has 2 aromatic carbocycles. The van der Waals surface area contributed by atoms with Gasteiger partial charge in [-0.2, -0.15) is 0 Å². The number of rotatable bonds is 4. The van der Waals surface area contributed by atoms with Crippen LogP contribution in [0.25, 0.3) is 0 Å². The minimum Gasteiger partial charge on any atom is -0.326 e. The monoisotopic (exact) mass is 335 g/mol. The van der Waals surface area contributed by atoms with Crippen LogP contribution in [0, 0.1) is 12.7 Å². The van der Waals surface area contributed by atoms with Crippen LogP contribution in [-0.2, 0) is 11.2 Å². The van der Waals surface area contributed by atoms with E-state index in [9.17, 15) is 9.18 Å². The summed E-state index contributed by atoms with van der Waals surface area (Å²) in [6.45, 7) is 1.84. The molecule has 0 radical (unpaired) electrons. The molecule has 0 unspecified atom stereocenters. The maximum atomic E-state index is 13.1.